The van der Waals surface area contributed by atoms with E-state index in [0.717, 1.165) is 40.8 Å². The lowest BCUT2D eigenvalue weighted by Gasteiger charge is -2.30. The number of hydrogen-bond donors (Lipinski definition) is 0. The molecule has 1 unspecified atom stereocenters. The van der Waals surface area contributed by atoms with Crippen LogP contribution < -0.4 is 14.9 Å². The van der Waals surface area contributed by atoms with E-state index in [4.69, 9.17) is 4.99 Å². The summed E-state index contributed by atoms with van der Waals surface area (Å²) in [5, 5.41) is 0. The normalized spacial score (nSPS) is 17.3. The molecule has 4 aromatic rings. The summed E-state index contributed by atoms with van der Waals surface area (Å²) >= 11 is 1.40. The fourth-order valence-electron chi connectivity index (χ4n) is 4.79. The lowest BCUT2D eigenvalue weighted by atomic mass is 9.83. The van der Waals surface area contributed by atoms with Crippen molar-refractivity contribution < 1.29 is 4.39 Å². The molecule has 0 fully saturated rings. The number of nitrogens with zero attached hydrogens (tertiary/aromatic N) is 2. The van der Waals surface area contributed by atoms with E-state index in [9.17, 15) is 9.18 Å². The number of benzene rings is 3. The minimum absolute atomic E-state index is 0.0683. The Bertz CT molecular complexity index is 1630. The van der Waals surface area contributed by atoms with Gasteiger partial charge in [0.1, 0.15) is 5.82 Å². The fraction of sp³-hybridized carbons (Fsp3) is 0.103. The van der Waals surface area contributed by atoms with Gasteiger partial charge in [0.05, 0.1) is 16.3 Å². The highest BCUT2D eigenvalue weighted by atomic mass is 32.1. The Morgan fingerprint density at radius 3 is 2.53 bits per heavy atom. The first-order chi connectivity index (χ1) is 16.7. The van der Waals surface area contributed by atoms with Crippen molar-refractivity contribution in [3.05, 3.63) is 138 Å². The zero-order valence-corrected chi connectivity index (χ0v) is 19.1. The Kier molecular flexibility index (Phi) is 5.19. The van der Waals surface area contributed by atoms with E-state index >= 15 is 0 Å². The van der Waals surface area contributed by atoms with Gasteiger partial charge >= 0.3 is 0 Å². The first-order valence-electron chi connectivity index (χ1n) is 11.3. The van der Waals surface area contributed by atoms with Gasteiger partial charge < -0.3 is 0 Å². The second-order valence-corrected chi connectivity index (χ2v) is 9.47. The van der Waals surface area contributed by atoms with Crippen molar-refractivity contribution in [3.8, 4) is 0 Å². The molecule has 0 spiro atoms. The number of hydrogen-bond acceptors (Lipinski definition) is 3. The van der Waals surface area contributed by atoms with E-state index in [2.05, 4.69) is 18.2 Å². The SMILES string of the molecule is O=c1/c(=C/C=C/c2ccccc2)sc2n1C(c1ccc(F)cc1)C1=C(N=2)c2ccccc2CC1. The van der Waals surface area contributed by atoms with E-state index < -0.39 is 0 Å². The van der Waals surface area contributed by atoms with E-state index in [1.54, 1.807) is 16.7 Å². The molecule has 166 valence electrons. The molecule has 0 saturated heterocycles. The summed E-state index contributed by atoms with van der Waals surface area (Å²) in [5.74, 6) is -0.287. The molecule has 2 heterocycles. The molecule has 5 heteroatoms. The molecular formula is C29H21FN2OS. The zero-order valence-electron chi connectivity index (χ0n) is 18.3. The van der Waals surface area contributed by atoms with Crippen LogP contribution in [0.5, 0.6) is 0 Å². The van der Waals surface area contributed by atoms with Gasteiger partial charge in [-0.15, -0.1) is 0 Å². The van der Waals surface area contributed by atoms with Crippen molar-refractivity contribution in [1.82, 2.24) is 4.57 Å². The Morgan fingerprint density at radius 2 is 1.71 bits per heavy atom. The van der Waals surface area contributed by atoms with E-state index in [-0.39, 0.29) is 17.4 Å². The molecule has 0 bridgehead atoms. The molecule has 2 aliphatic rings. The number of aryl methyl sites for hydroxylation is 1. The minimum atomic E-state index is -0.291. The maximum Gasteiger partial charge on any atom is 0.271 e. The van der Waals surface area contributed by atoms with Gasteiger partial charge in [-0.2, -0.15) is 0 Å². The average Bonchev–Trinajstić information content (AvgIpc) is 3.19. The van der Waals surface area contributed by atoms with Crippen LogP contribution in [0.25, 0.3) is 17.8 Å². The number of halogens is 1. The van der Waals surface area contributed by atoms with Crippen LogP contribution >= 0.6 is 11.3 Å². The van der Waals surface area contributed by atoms with Gasteiger partial charge in [-0.3, -0.25) is 9.36 Å². The van der Waals surface area contributed by atoms with E-state index in [1.165, 1.54) is 29.0 Å². The number of fused-ring (bicyclic) bond motifs is 3. The largest absolute Gasteiger partial charge is 0.272 e. The van der Waals surface area contributed by atoms with E-state index in [0.29, 0.717) is 9.33 Å². The molecule has 1 aliphatic carbocycles. The highest BCUT2D eigenvalue weighted by molar-refractivity contribution is 7.07. The van der Waals surface area contributed by atoms with Gasteiger partial charge in [-0.1, -0.05) is 90.2 Å². The van der Waals surface area contributed by atoms with Crippen LogP contribution in [0, 0.1) is 5.82 Å². The molecule has 6 rings (SSSR count). The molecule has 1 aromatic heterocycles. The number of thiazole rings is 1. The molecule has 0 radical (unpaired) electrons. The summed E-state index contributed by atoms with van der Waals surface area (Å²) in [5.41, 5.74) is 6.36. The third kappa shape index (κ3) is 3.58. The van der Waals surface area contributed by atoms with Gasteiger partial charge in [-0.25, -0.2) is 9.38 Å². The molecule has 3 nitrogen and oxygen atoms in total. The van der Waals surface area contributed by atoms with Crippen LogP contribution in [-0.4, -0.2) is 4.57 Å². The summed E-state index contributed by atoms with van der Waals surface area (Å²) in [7, 11) is 0. The lowest BCUT2D eigenvalue weighted by molar-refractivity contribution is 0.581. The van der Waals surface area contributed by atoms with Crippen LogP contribution in [0.2, 0.25) is 0 Å². The Labute approximate surface area is 200 Å². The maximum atomic E-state index is 13.7. The molecule has 1 atom stereocenters. The van der Waals surface area contributed by atoms with Crippen LogP contribution in [-0.2, 0) is 6.42 Å². The Balaban J connectivity index is 1.54. The van der Waals surface area contributed by atoms with Gasteiger partial charge in [0, 0.05) is 5.56 Å². The van der Waals surface area contributed by atoms with Gasteiger partial charge in [0.2, 0.25) is 0 Å². The van der Waals surface area contributed by atoms with Gasteiger partial charge in [0.25, 0.3) is 5.56 Å². The third-order valence-electron chi connectivity index (χ3n) is 6.39. The van der Waals surface area contributed by atoms with Gasteiger partial charge in [-0.05, 0) is 53.3 Å². The average molecular weight is 465 g/mol. The summed E-state index contributed by atoms with van der Waals surface area (Å²) < 4.78 is 16.1. The summed E-state index contributed by atoms with van der Waals surface area (Å²) in [6.07, 6.45) is 7.46. The molecule has 3 aromatic carbocycles. The molecule has 0 amide bonds. The van der Waals surface area contributed by atoms with Crippen molar-refractivity contribution in [1.29, 1.82) is 0 Å². The molecular weight excluding hydrogens is 443 g/mol. The quantitative estimate of drug-likeness (QED) is 0.414. The zero-order chi connectivity index (χ0) is 23.1. The third-order valence-corrected chi connectivity index (χ3v) is 7.40. The van der Waals surface area contributed by atoms with Crippen molar-refractivity contribution >= 4 is 29.2 Å². The lowest BCUT2D eigenvalue weighted by Crippen LogP contribution is -2.38. The monoisotopic (exact) mass is 464 g/mol. The molecule has 0 N–H and O–H groups in total. The standard InChI is InChI=1S/C29H21FN2OS/c30-22-16-13-21(14-17-22)27-24-18-15-20-10-4-5-11-23(20)26(24)31-29-32(27)28(33)25(34-29)12-6-9-19-7-2-1-3-8-19/h1-14,16-17,27H,15,18H2/b9-6+,25-12-. The fourth-order valence-corrected chi connectivity index (χ4v) is 5.74. The second-order valence-electron chi connectivity index (χ2n) is 8.46. The summed E-state index contributed by atoms with van der Waals surface area (Å²) in [6.45, 7) is 0. The van der Waals surface area contributed by atoms with E-state index in [1.807, 2.05) is 54.6 Å². The Hall–Kier alpha value is -3.83. The predicted octanol–water partition coefficient (Wildman–Crippen LogP) is 5.12. The first-order valence-corrected chi connectivity index (χ1v) is 12.1. The molecule has 1 aliphatic heterocycles. The van der Waals surface area contributed by atoms with Crippen molar-refractivity contribution in [3.63, 3.8) is 0 Å². The van der Waals surface area contributed by atoms with Crippen molar-refractivity contribution in [2.24, 2.45) is 4.99 Å². The van der Waals surface area contributed by atoms with Crippen LogP contribution in [0.3, 0.4) is 0 Å². The smallest absolute Gasteiger partial charge is 0.271 e. The van der Waals surface area contributed by atoms with Crippen molar-refractivity contribution in [2.75, 3.05) is 0 Å². The van der Waals surface area contributed by atoms with Crippen LogP contribution in [0.1, 0.15) is 34.7 Å². The summed E-state index contributed by atoms with van der Waals surface area (Å²) in [4.78, 5) is 19.2. The Morgan fingerprint density at radius 1 is 0.941 bits per heavy atom. The highest BCUT2D eigenvalue weighted by Gasteiger charge is 2.32. The first kappa shape index (κ1) is 20.8. The summed E-state index contributed by atoms with van der Waals surface area (Å²) in [6, 6.07) is 24.5. The number of aromatic nitrogens is 1. The topological polar surface area (TPSA) is 34.4 Å². The number of allylic oxidation sites excluding steroid dienone is 2. The van der Waals surface area contributed by atoms with Crippen LogP contribution in [0.15, 0.2) is 100 Å². The molecule has 0 saturated carbocycles. The molecule has 34 heavy (non-hydrogen) atoms. The minimum Gasteiger partial charge on any atom is -0.272 e. The number of rotatable bonds is 3. The van der Waals surface area contributed by atoms with Crippen LogP contribution in [0.4, 0.5) is 4.39 Å². The highest BCUT2D eigenvalue weighted by Crippen LogP contribution is 2.41. The van der Waals surface area contributed by atoms with Gasteiger partial charge in [0.15, 0.2) is 4.80 Å². The maximum absolute atomic E-state index is 13.7. The predicted molar refractivity (Wildman–Crippen MR) is 136 cm³/mol. The second kappa shape index (κ2) is 8.50. The van der Waals surface area contributed by atoms with Crippen molar-refractivity contribution in [2.45, 2.75) is 18.9 Å².